The fourth-order valence-electron chi connectivity index (χ4n) is 2.19. The molecule has 3 heteroatoms. The van der Waals surface area contributed by atoms with Gasteiger partial charge in [-0.2, -0.15) is 0 Å². The first-order chi connectivity index (χ1) is 7.45. The summed E-state index contributed by atoms with van der Waals surface area (Å²) in [4.78, 5) is 0. The molecule has 0 saturated heterocycles. The van der Waals surface area contributed by atoms with E-state index in [9.17, 15) is 5.11 Å². The van der Waals surface area contributed by atoms with Crippen LogP contribution in [0.5, 0.6) is 5.75 Å². The van der Waals surface area contributed by atoms with Gasteiger partial charge >= 0.3 is 0 Å². The van der Waals surface area contributed by atoms with E-state index in [-0.39, 0.29) is 0 Å². The Labute approximate surface area is 107 Å². The molecule has 0 saturated carbocycles. The second-order valence-electron chi connectivity index (χ2n) is 4.39. The number of benzene rings is 1. The Morgan fingerprint density at radius 1 is 1.00 bits per heavy atom. The minimum Gasteiger partial charge on any atom is -0.507 e. The van der Waals surface area contributed by atoms with Crippen molar-refractivity contribution in [3.05, 3.63) is 27.8 Å². The molecule has 0 aliphatic carbocycles. The van der Waals surface area contributed by atoms with Gasteiger partial charge in [0.2, 0.25) is 0 Å². The first kappa shape index (κ1) is 13.7. The lowest BCUT2D eigenvalue weighted by atomic mass is 9.87. The molecule has 1 rings (SSSR count). The quantitative estimate of drug-likeness (QED) is 0.788. The zero-order valence-corrected chi connectivity index (χ0v) is 11.7. The number of phenolic OH excluding ortho intramolecular Hbond substituents is 1. The third-order valence-electron chi connectivity index (χ3n) is 3.11. The smallest absolute Gasteiger partial charge is 0.122 e. The summed E-state index contributed by atoms with van der Waals surface area (Å²) in [6.45, 7) is 8.06. The highest BCUT2D eigenvalue weighted by molar-refractivity contribution is 6.18. The highest BCUT2D eigenvalue weighted by atomic mass is 35.5. The lowest BCUT2D eigenvalue weighted by Gasteiger charge is -2.21. The molecule has 0 fully saturated rings. The van der Waals surface area contributed by atoms with Gasteiger partial charge in [0.1, 0.15) is 5.75 Å². The molecule has 1 nitrogen and oxygen atoms in total. The summed E-state index contributed by atoms with van der Waals surface area (Å²) in [5.41, 5.74) is 5.00. The Hall–Kier alpha value is -0.400. The van der Waals surface area contributed by atoms with E-state index in [0.717, 1.165) is 22.3 Å². The molecule has 0 atom stereocenters. The topological polar surface area (TPSA) is 20.2 Å². The highest BCUT2D eigenvalue weighted by Crippen LogP contribution is 2.37. The molecule has 16 heavy (non-hydrogen) atoms. The monoisotopic (exact) mass is 260 g/mol. The van der Waals surface area contributed by atoms with Crippen LogP contribution in [0.4, 0.5) is 0 Å². The number of hydrogen-bond donors (Lipinski definition) is 1. The maximum Gasteiger partial charge on any atom is 0.122 e. The molecule has 0 heterocycles. The molecule has 0 aliphatic rings. The zero-order chi connectivity index (χ0) is 12.5. The maximum atomic E-state index is 10.0. The van der Waals surface area contributed by atoms with Crippen molar-refractivity contribution in [1.29, 1.82) is 0 Å². The third kappa shape index (κ3) is 2.16. The van der Waals surface area contributed by atoms with Gasteiger partial charge in [0.05, 0.1) is 0 Å². The fourth-order valence-corrected chi connectivity index (χ4v) is 2.88. The second kappa shape index (κ2) is 5.29. The summed E-state index contributed by atoms with van der Waals surface area (Å²) in [6, 6.07) is 0. The van der Waals surface area contributed by atoms with E-state index in [2.05, 4.69) is 13.8 Å². The predicted octanol–water partition coefficient (Wildman–Crippen LogP) is 4.61. The van der Waals surface area contributed by atoms with Gasteiger partial charge in [-0.3, -0.25) is 0 Å². The molecular formula is C13H18Cl2O. The molecule has 1 aromatic carbocycles. The number of rotatable bonds is 3. The first-order valence-corrected chi connectivity index (χ1v) is 6.48. The average Bonchev–Trinajstić information content (AvgIpc) is 2.25. The largest absolute Gasteiger partial charge is 0.507 e. The van der Waals surface area contributed by atoms with Crippen LogP contribution in [0, 0.1) is 13.8 Å². The molecule has 0 unspecified atom stereocenters. The Bertz CT molecular complexity index is 366. The second-order valence-corrected chi connectivity index (χ2v) is 4.93. The van der Waals surface area contributed by atoms with Crippen molar-refractivity contribution >= 4 is 23.2 Å². The lowest BCUT2D eigenvalue weighted by Crippen LogP contribution is -2.05. The van der Waals surface area contributed by atoms with Gasteiger partial charge in [-0.05, 0) is 47.6 Å². The van der Waals surface area contributed by atoms with Gasteiger partial charge in [-0.25, -0.2) is 0 Å². The average molecular weight is 261 g/mol. The Kier molecular flexibility index (Phi) is 4.52. The fraction of sp³-hybridized carbons (Fsp3) is 0.538. The molecule has 0 amide bonds. The van der Waals surface area contributed by atoms with Gasteiger partial charge in [-0.15, -0.1) is 23.2 Å². The van der Waals surface area contributed by atoms with Gasteiger partial charge in [0.15, 0.2) is 0 Å². The Morgan fingerprint density at radius 3 is 1.62 bits per heavy atom. The summed E-state index contributed by atoms with van der Waals surface area (Å²) in [7, 11) is 0. The predicted molar refractivity (Wildman–Crippen MR) is 70.8 cm³/mol. The van der Waals surface area contributed by atoms with Gasteiger partial charge < -0.3 is 5.11 Å². The van der Waals surface area contributed by atoms with Crippen LogP contribution in [0.2, 0.25) is 0 Å². The van der Waals surface area contributed by atoms with Gasteiger partial charge in [-0.1, -0.05) is 13.8 Å². The number of alkyl halides is 2. The van der Waals surface area contributed by atoms with Crippen molar-refractivity contribution < 1.29 is 5.11 Å². The minimum absolute atomic E-state index is 0.329. The first-order valence-electron chi connectivity index (χ1n) is 5.41. The van der Waals surface area contributed by atoms with Crippen molar-refractivity contribution in [2.24, 2.45) is 0 Å². The van der Waals surface area contributed by atoms with Crippen molar-refractivity contribution in [3.63, 3.8) is 0 Å². The molecule has 1 aromatic rings. The maximum absolute atomic E-state index is 10.0. The summed E-state index contributed by atoms with van der Waals surface area (Å²) in [6.07, 6.45) is 0. The lowest BCUT2D eigenvalue weighted by molar-refractivity contribution is 0.464. The van der Waals surface area contributed by atoms with E-state index in [0.29, 0.717) is 23.4 Å². The molecule has 0 aliphatic heterocycles. The van der Waals surface area contributed by atoms with Crippen molar-refractivity contribution in [3.8, 4) is 5.75 Å². The summed E-state index contributed by atoms with van der Waals surface area (Å²) in [5.74, 6) is 1.52. The number of phenols is 1. The molecule has 1 N–H and O–H groups in total. The Balaban J connectivity index is 3.66. The van der Waals surface area contributed by atoms with E-state index in [1.165, 1.54) is 5.56 Å². The number of aromatic hydroxyl groups is 1. The van der Waals surface area contributed by atoms with Crippen LogP contribution in [-0.2, 0) is 11.8 Å². The molecule has 0 aromatic heterocycles. The molecule has 90 valence electrons. The normalized spacial score (nSPS) is 11.2. The van der Waals surface area contributed by atoms with Crippen LogP contribution in [0.15, 0.2) is 0 Å². The number of halogens is 2. The summed E-state index contributed by atoms with van der Waals surface area (Å²) < 4.78 is 0. The van der Waals surface area contributed by atoms with E-state index < -0.39 is 0 Å². The van der Waals surface area contributed by atoms with E-state index in [1.54, 1.807) is 0 Å². The number of hydrogen-bond acceptors (Lipinski definition) is 1. The van der Waals surface area contributed by atoms with Crippen LogP contribution in [0.25, 0.3) is 0 Å². The third-order valence-corrected chi connectivity index (χ3v) is 3.65. The summed E-state index contributed by atoms with van der Waals surface area (Å²) >= 11 is 12.0. The van der Waals surface area contributed by atoms with Crippen molar-refractivity contribution in [1.82, 2.24) is 0 Å². The van der Waals surface area contributed by atoms with E-state index in [4.69, 9.17) is 23.2 Å². The Morgan fingerprint density at radius 2 is 1.38 bits per heavy atom. The van der Waals surface area contributed by atoms with Crippen molar-refractivity contribution in [2.75, 3.05) is 0 Å². The van der Waals surface area contributed by atoms with Gasteiger partial charge in [0, 0.05) is 11.8 Å². The molecule has 0 spiro atoms. The molecular weight excluding hydrogens is 243 g/mol. The molecule has 0 radical (unpaired) electrons. The standard InChI is InChI=1S/C13H18Cl2O/c1-7(2)12-10(5-14)8(3)13(16)9(4)11(12)6-15/h7,16H,5-6H2,1-4H3. The summed E-state index contributed by atoms with van der Waals surface area (Å²) in [5, 5.41) is 10.0. The van der Waals surface area contributed by atoms with Crippen LogP contribution >= 0.6 is 23.2 Å². The van der Waals surface area contributed by atoms with E-state index in [1.807, 2.05) is 13.8 Å². The minimum atomic E-state index is 0.329. The van der Waals surface area contributed by atoms with Crippen LogP contribution in [0.1, 0.15) is 47.6 Å². The van der Waals surface area contributed by atoms with Crippen molar-refractivity contribution in [2.45, 2.75) is 45.4 Å². The van der Waals surface area contributed by atoms with Crippen LogP contribution < -0.4 is 0 Å². The molecule has 0 bridgehead atoms. The van der Waals surface area contributed by atoms with Crippen LogP contribution in [0.3, 0.4) is 0 Å². The van der Waals surface area contributed by atoms with Crippen LogP contribution in [-0.4, -0.2) is 5.11 Å². The van der Waals surface area contributed by atoms with Gasteiger partial charge in [0.25, 0.3) is 0 Å². The zero-order valence-electron chi connectivity index (χ0n) is 10.2. The SMILES string of the molecule is Cc1c(O)c(C)c(CCl)c(C(C)C)c1CCl. The highest BCUT2D eigenvalue weighted by Gasteiger charge is 2.19. The van der Waals surface area contributed by atoms with E-state index >= 15 is 0 Å².